The SMILES string of the molecule is CCNC(=O)[C@@H]1CCN(c2cc(OC)cc(OC)c2)C1=O. The summed E-state index contributed by atoms with van der Waals surface area (Å²) >= 11 is 0. The smallest absolute Gasteiger partial charge is 0.239 e. The summed E-state index contributed by atoms with van der Waals surface area (Å²) in [5.41, 5.74) is 0.683. The van der Waals surface area contributed by atoms with Gasteiger partial charge in [-0.1, -0.05) is 0 Å². The molecule has 0 bridgehead atoms. The summed E-state index contributed by atoms with van der Waals surface area (Å²) in [6.45, 7) is 2.87. The number of amides is 2. The molecule has 1 aliphatic heterocycles. The molecule has 1 fully saturated rings. The monoisotopic (exact) mass is 292 g/mol. The van der Waals surface area contributed by atoms with Crippen LogP contribution in [0.5, 0.6) is 11.5 Å². The van der Waals surface area contributed by atoms with Gasteiger partial charge in [0.15, 0.2) is 0 Å². The third-order valence-corrected chi connectivity index (χ3v) is 3.52. The summed E-state index contributed by atoms with van der Waals surface area (Å²) in [4.78, 5) is 25.9. The van der Waals surface area contributed by atoms with E-state index in [4.69, 9.17) is 9.47 Å². The largest absolute Gasteiger partial charge is 0.497 e. The lowest BCUT2D eigenvalue weighted by Crippen LogP contribution is -2.36. The second-order valence-corrected chi connectivity index (χ2v) is 4.80. The van der Waals surface area contributed by atoms with Crippen LogP contribution in [-0.2, 0) is 9.59 Å². The van der Waals surface area contributed by atoms with Crippen molar-refractivity contribution >= 4 is 17.5 Å². The number of carbonyl (C=O) groups is 2. The summed E-state index contributed by atoms with van der Waals surface area (Å²) in [7, 11) is 3.11. The van der Waals surface area contributed by atoms with Gasteiger partial charge in [-0.3, -0.25) is 9.59 Å². The minimum Gasteiger partial charge on any atom is -0.497 e. The Labute approximate surface area is 124 Å². The summed E-state index contributed by atoms with van der Waals surface area (Å²) in [6.07, 6.45) is 0.518. The Balaban J connectivity index is 2.23. The van der Waals surface area contributed by atoms with Gasteiger partial charge < -0.3 is 19.7 Å². The molecule has 2 rings (SSSR count). The van der Waals surface area contributed by atoms with E-state index >= 15 is 0 Å². The van der Waals surface area contributed by atoms with E-state index in [2.05, 4.69) is 5.32 Å². The van der Waals surface area contributed by atoms with Crippen LogP contribution in [0.15, 0.2) is 18.2 Å². The van der Waals surface area contributed by atoms with Crippen molar-refractivity contribution in [2.75, 3.05) is 32.2 Å². The molecule has 0 spiro atoms. The van der Waals surface area contributed by atoms with Crippen LogP contribution in [0.3, 0.4) is 0 Å². The van der Waals surface area contributed by atoms with Gasteiger partial charge in [-0.2, -0.15) is 0 Å². The van der Waals surface area contributed by atoms with Crippen molar-refractivity contribution in [2.24, 2.45) is 5.92 Å². The van der Waals surface area contributed by atoms with Crippen molar-refractivity contribution < 1.29 is 19.1 Å². The van der Waals surface area contributed by atoms with Crippen LogP contribution >= 0.6 is 0 Å². The third-order valence-electron chi connectivity index (χ3n) is 3.52. The van der Waals surface area contributed by atoms with E-state index in [1.807, 2.05) is 6.92 Å². The highest BCUT2D eigenvalue weighted by Gasteiger charge is 2.37. The van der Waals surface area contributed by atoms with Crippen molar-refractivity contribution in [3.8, 4) is 11.5 Å². The van der Waals surface area contributed by atoms with Crippen LogP contribution in [0, 0.1) is 5.92 Å². The first-order valence-corrected chi connectivity index (χ1v) is 6.92. The van der Waals surface area contributed by atoms with Crippen LogP contribution in [-0.4, -0.2) is 39.1 Å². The lowest BCUT2D eigenvalue weighted by Gasteiger charge is -2.18. The lowest BCUT2D eigenvalue weighted by molar-refractivity contribution is -0.132. The fourth-order valence-electron chi connectivity index (χ4n) is 2.43. The second-order valence-electron chi connectivity index (χ2n) is 4.80. The minimum absolute atomic E-state index is 0.184. The Hall–Kier alpha value is -2.24. The molecule has 2 amide bonds. The van der Waals surface area contributed by atoms with E-state index in [9.17, 15) is 9.59 Å². The number of methoxy groups -OCH3 is 2. The fraction of sp³-hybridized carbons (Fsp3) is 0.467. The quantitative estimate of drug-likeness (QED) is 0.828. The van der Waals surface area contributed by atoms with E-state index in [-0.39, 0.29) is 11.8 Å². The Morgan fingerprint density at radius 3 is 2.43 bits per heavy atom. The molecule has 21 heavy (non-hydrogen) atoms. The molecule has 1 aromatic rings. The number of benzene rings is 1. The number of rotatable bonds is 5. The first-order valence-electron chi connectivity index (χ1n) is 6.92. The van der Waals surface area contributed by atoms with Crippen LogP contribution in [0.2, 0.25) is 0 Å². The molecule has 6 heteroatoms. The Morgan fingerprint density at radius 2 is 1.90 bits per heavy atom. The van der Waals surface area contributed by atoms with Crippen molar-refractivity contribution in [1.82, 2.24) is 5.32 Å². The van der Waals surface area contributed by atoms with Crippen LogP contribution in [0.25, 0.3) is 0 Å². The molecule has 0 radical (unpaired) electrons. The number of hydrogen-bond donors (Lipinski definition) is 1. The Bertz CT molecular complexity index is 522. The Kier molecular flexibility index (Phi) is 4.67. The second kappa shape index (κ2) is 6.47. The van der Waals surface area contributed by atoms with Gasteiger partial charge in [0.2, 0.25) is 11.8 Å². The minimum atomic E-state index is -0.609. The van der Waals surface area contributed by atoms with Crippen LogP contribution in [0.1, 0.15) is 13.3 Å². The van der Waals surface area contributed by atoms with Gasteiger partial charge in [-0.15, -0.1) is 0 Å². The van der Waals surface area contributed by atoms with E-state index in [1.54, 1.807) is 37.3 Å². The molecular formula is C15H20N2O4. The average Bonchev–Trinajstić information content (AvgIpc) is 2.88. The molecule has 114 valence electrons. The van der Waals surface area contributed by atoms with Crippen molar-refractivity contribution in [1.29, 1.82) is 0 Å². The molecule has 0 aromatic heterocycles. The molecule has 0 unspecified atom stereocenters. The maximum atomic E-state index is 12.4. The van der Waals surface area contributed by atoms with Gasteiger partial charge in [0.25, 0.3) is 0 Å². The fourth-order valence-corrected chi connectivity index (χ4v) is 2.43. The highest BCUT2D eigenvalue weighted by molar-refractivity contribution is 6.09. The van der Waals surface area contributed by atoms with Gasteiger partial charge in [-0.05, 0) is 13.3 Å². The maximum Gasteiger partial charge on any atom is 0.239 e. The molecule has 0 aliphatic carbocycles. The summed E-state index contributed by atoms with van der Waals surface area (Å²) in [5.74, 6) is 0.218. The van der Waals surface area contributed by atoms with Gasteiger partial charge in [0.1, 0.15) is 17.4 Å². The zero-order valence-corrected chi connectivity index (χ0v) is 12.5. The van der Waals surface area contributed by atoms with Gasteiger partial charge in [0, 0.05) is 31.3 Å². The predicted octanol–water partition coefficient (Wildman–Crippen LogP) is 1.19. The molecule has 1 atom stereocenters. The number of anilines is 1. The molecule has 1 saturated heterocycles. The van der Waals surface area contributed by atoms with Crippen molar-refractivity contribution in [3.63, 3.8) is 0 Å². The summed E-state index contributed by atoms with van der Waals surface area (Å²) < 4.78 is 10.4. The predicted molar refractivity (Wildman–Crippen MR) is 78.7 cm³/mol. The summed E-state index contributed by atoms with van der Waals surface area (Å²) in [6, 6.07) is 5.27. The topological polar surface area (TPSA) is 67.9 Å². The van der Waals surface area contributed by atoms with Crippen LogP contribution < -0.4 is 19.7 Å². The highest BCUT2D eigenvalue weighted by atomic mass is 16.5. The maximum absolute atomic E-state index is 12.4. The molecule has 0 saturated carbocycles. The van der Waals surface area contributed by atoms with Crippen LogP contribution in [0.4, 0.5) is 5.69 Å². The molecule has 6 nitrogen and oxygen atoms in total. The molecule has 1 N–H and O–H groups in total. The van der Waals surface area contributed by atoms with Gasteiger partial charge in [-0.25, -0.2) is 0 Å². The zero-order chi connectivity index (χ0) is 15.4. The number of carbonyl (C=O) groups excluding carboxylic acids is 2. The van der Waals surface area contributed by atoms with Gasteiger partial charge >= 0.3 is 0 Å². The number of nitrogens with zero attached hydrogens (tertiary/aromatic N) is 1. The molecule has 1 heterocycles. The zero-order valence-electron chi connectivity index (χ0n) is 12.5. The number of hydrogen-bond acceptors (Lipinski definition) is 4. The van der Waals surface area contributed by atoms with E-state index in [0.717, 1.165) is 0 Å². The first kappa shape index (κ1) is 15.2. The van der Waals surface area contributed by atoms with E-state index in [0.29, 0.717) is 36.7 Å². The lowest BCUT2D eigenvalue weighted by atomic mass is 10.1. The molecule has 1 aromatic carbocycles. The molecule has 1 aliphatic rings. The first-order chi connectivity index (χ1) is 10.1. The normalized spacial score (nSPS) is 17.8. The third kappa shape index (κ3) is 3.09. The number of ether oxygens (including phenoxy) is 2. The van der Waals surface area contributed by atoms with Crippen molar-refractivity contribution in [3.05, 3.63) is 18.2 Å². The van der Waals surface area contributed by atoms with E-state index in [1.165, 1.54) is 0 Å². The molecular weight excluding hydrogens is 272 g/mol. The number of nitrogens with one attached hydrogen (secondary N) is 1. The standard InChI is InChI=1S/C15H20N2O4/c1-4-16-14(18)13-5-6-17(15(13)19)10-7-11(20-2)9-12(8-10)21-3/h7-9,13H,4-6H2,1-3H3,(H,16,18)/t13-/m0/s1. The summed E-state index contributed by atoms with van der Waals surface area (Å²) in [5, 5.41) is 2.70. The Morgan fingerprint density at radius 1 is 1.29 bits per heavy atom. The highest BCUT2D eigenvalue weighted by Crippen LogP contribution is 2.32. The average molecular weight is 292 g/mol. The van der Waals surface area contributed by atoms with Gasteiger partial charge in [0.05, 0.1) is 19.9 Å². The van der Waals surface area contributed by atoms with E-state index < -0.39 is 5.92 Å². The van der Waals surface area contributed by atoms with Crippen molar-refractivity contribution in [2.45, 2.75) is 13.3 Å².